The van der Waals surface area contributed by atoms with Crippen LogP contribution < -0.4 is 9.64 Å². The molecule has 2 saturated heterocycles. The normalized spacial score (nSPS) is 24.9. The summed E-state index contributed by atoms with van der Waals surface area (Å²) >= 11 is 1.70. The summed E-state index contributed by atoms with van der Waals surface area (Å²) in [5.41, 5.74) is 0.927. The molecule has 0 spiro atoms. The van der Waals surface area contributed by atoms with Crippen LogP contribution in [0.25, 0.3) is 10.2 Å². The van der Waals surface area contributed by atoms with E-state index >= 15 is 0 Å². The summed E-state index contributed by atoms with van der Waals surface area (Å²) in [5.74, 6) is 0.823. The molecule has 6 heteroatoms. The number of rotatable bonds is 4. The molecule has 2 aliphatic heterocycles. The molecule has 1 aromatic heterocycles. The fourth-order valence-corrected chi connectivity index (χ4v) is 4.57. The maximum Gasteiger partial charge on any atom is 0.190 e. The van der Waals surface area contributed by atoms with Crippen LogP contribution in [0.5, 0.6) is 5.75 Å². The number of benzene rings is 1. The number of para-hydroxylation sites is 1. The maximum absolute atomic E-state index is 6.08. The standard InChI is InChI=1S/C18H24N2O3S/c1-21-13-7-6-8-14-17(13)19-18(24-14)20(15-9-2-4-11-22-15)16-10-3-5-12-23-16/h6-8,15-16H,2-5,9-12H2,1H3. The fourth-order valence-electron chi connectivity index (χ4n) is 3.50. The average Bonchev–Trinajstić information content (AvgIpc) is 3.07. The number of ether oxygens (including phenoxy) is 3. The Morgan fingerprint density at radius 3 is 2.38 bits per heavy atom. The summed E-state index contributed by atoms with van der Waals surface area (Å²) < 4.78 is 18.8. The molecule has 3 heterocycles. The Morgan fingerprint density at radius 2 is 1.79 bits per heavy atom. The van der Waals surface area contributed by atoms with Crippen molar-refractivity contribution in [3.05, 3.63) is 18.2 Å². The van der Waals surface area contributed by atoms with E-state index in [1.165, 1.54) is 12.8 Å². The summed E-state index contributed by atoms with van der Waals surface area (Å²) in [4.78, 5) is 7.17. The predicted molar refractivity (Wildman–Crippen MR) is 95.8 cm³/mol. The van der Waals surface area contributed by atoms with Crippen LogP contribution in [0.15, 0.2) is 18.2 Å². The van der Waals surface area contributed by atoms with Crippen molar-refractivity contribution in [2.24, 2.45) is 0 Å². The van der Waals surface area contributed by atoms with Gasteiger partial charge in [-0.15, -0.1) is 0 Å². The molecule has 2 unspecified atom stereocenters. The predicted octanol–water partition coefficient (Wildman–Crippen LogP) is 4.16. The van der Waals surface area contributed by atoms with E-state index in [2.05, 4.69) is 11.0 Å². The lowest BCUT2D eigenvalue weighted by molar-refractivity contribution is -0.0481. The van der Waals surface area contributed by atoms with Gasteiger partial charge in [0.2, 0.25) is 0 Å². The van der Waals surface area contributed by atoms with Gasteiger partial charge in [0.05, 0.1) is 11.8 Å². The third-order valence-corrected chi connectivity index (χ3v) is 5.78. The first-order valence-corrected chi connectivity index (χ1v) is 9.63. The fraction of sp³-hybridized carbons (Fsp3) is 0.611. The van der Waals surface area contributed by atoms with Crippen LogP contribution >= 0.6 is 11.3 Å². The van der Waals surface area contributed by atoms with Crippen LogP contribution in [-0.2, 0) is 9.47 Å². The Bertz CT molecular complexity index is 660. The van der Waals surface area contributed by atoms with Gasteiger partial charge >= 0.3 is 0 Å². The van der Waals surface area contributed by atoms with E-state index in [0.717, 1.165) is 60.0 Å². The van der Waals surface area contributed by atoms with Crippen molar-refractivity contribution < 1.29 is 14.2 Å². The Labute approximate surface area is 146 Å². The molecule has 5 nitrogen and oxygen atoms in total. The zero-order chi connectivity index (χ0) is 16.4. The second-order valence-electron chi connectivity index (χ2n) is 6.35. The lowest BCUT2D eigenvalue weighted by Crippen LogP contribution is -2.48. The van der Waals surface area contributed by atoms with Gasteiger partial charge in [-0.1, -0.05) is 17.4 Å². The third kappa shape index (κ3) is 3.10. The lowest BCUT2D eigenvalue weighted by Gasteiger charge is -2.40. The molecule has 0 N–H and O–H groups in total. The monoisotopic (exact) mass is 348 g/mol. The summed E-state index contributed by atoms with van der Waals surface area (Å²) in [6, 6.07) is 6.08. The first kappa shape index (κ1) is 16.1. The van der Waals surface area contributed by atoms with Crippen molar-refractivity contribution in [2.45, 2.75) is 51.0 Å². The first-order chi connectivity index (χ1) is 11.9. The van der Waals surface area contributed by atoms with Crippen LogP contribution in [0.4, 0.5) is 5.13 Å². The van der Waals surface area contributed by atoms with Crippen molar-refractivity contribution in [3.63, 3.8) is 0 Å². The Morgan fingerprint density at radius 1 is 1.08 bits per heavy atom. The largest absolute Gasteiger partial charge is 0.494 e. The van der Waals surface area contributed by atoms with Gasteiger partial charge in [0.15, 0.2) is 5.13 Å². The molecular formula is C18H24N2O3S. The zero-order valence-corrected chi connectivity index (χ0v) is 14.9. The number of anilines is 1. The molecule has 2 aliphatic rings. The molecule has 0 amide bonds. The van der Waals surface area contributed by atoms with E-state index in [1.54, 1.807) is 18.4 Å². The Hall–Kier alpha value is -1.37. The average molecular weight is 348 g/mol. The van der Waals surface area contributed by atoms with Gasteiger partial charge in [-0.3, -0.25) is 4.90 Å². The van der Waals surface area contributed by atoms with Crippen molar-refractivity contribution in [3.8, 4) is 5.75 Å². The van der Waals surface area contributed by atoms with E-state index in [1.807, 2.05) is 12.1 Å². The van der Waals surface area contributed by atoms with E-state index in [9.17, 15) is 0 Å². The van der Waals surface area contributed by atoms with Gasteiger partial charge in [-0.25, -0.2) is 4.98 Å². The summed E-state index contributed by atoms with van der Waals surface area (Å²) in [7, 11) is 1.69. The van der Waals surface area contributed by atoms with Gasteiger partial charge in [0.25, 0.3) is 0 Å². The molecule has 0 radical (unpaired) electrons. The van der Waals surface area contributed by atoms with E-state index in [-0.39, 0.29) is 12.5 Å². The minimum absolute atomic E-state index is 0.0633. The molecule has 2 aromatic rings. The highest BCUT2D eigenvalue weighted by Gasteiger charge is 2.33. The highest BCUT2D eigenvalue weighted by molar-refractivity contribution is 7.22. The van der Waals surface area contributed by atoms with Gasteiger partial charge < -0.3 is 14.2 Å². The molecular weight excluding hydrogens is 324 g/mol. The van der Waals surface area contributed by atoms with Gasteiger partial charge in [-0.05, 0) is 50.7 Å². The van der Waals surface area contributed by atoms with E-state index in [0.29, 0.717) is 0 Å². The lowest BCUT2D eigenvalue weighted by atomic mass is 10.1. The number of methoxy groups -OCH3 is 1. The summed E-state index contributed by atoms with van der Waals surface area (Å²) in [5, 5.41) is 0.980. The van der Waals surface area contributed by atoms with E-state index in [4.69, 9.17) is 19.2 Å². The third-order valence-electron chi connectivity index (χ3n) is 4.74. The molecule has 2 fully saturated rings. The molecule has 2 atom stereocenters. The maximum atomic E-state index is 6.08. The van der Waals surface area contributed by atoms with Crippen molar-refractivity contribution >= 4 is 26.7 Å². The first-order valence-electron chi connectivity index (χ1n) is 8.82. The quantitative estimate of drug-likeness (QED) is 0.830. The molecule has 4 rings (SSSR count). The minimum atomic E-state index is 0.0633. The highest BCUT2D eigenvalue weighted by atomic mass is 32.1. The number of thiazole rings is 1. The zero-order valence-electron chi connectivity index (χ0n) is 14.1. The van der Waals surface area contributed by atoms with Gasteiger partial charge in [-0.2, -0.15) is 0 Å². The van der Waals surface area contributed by atoms with E-state index < -0.39 is 0 Å². The van der Waals surface area contributed by atoms with Crippen LogP contribution in [0, 0.1) is 0 Å². The van der Waals surface area contributed by atoms with Crippen molar-refractivity contribution in [1.29, 1.82) is 0 Å². The van der Waals surface area contributed by atoms with Gasteiger partial charge in [0, 0.05) is 13.2 Å². The SMILES string of the molecule is COc1cccc2sc(N(C3CCCCO3)C3CCCCO3)nc12. The highest BCUT2D eigenvalue weighted by Crippen LogP contribution is 2.38. The Balaban J connectivity index is 1.71. The summed E-state index contributed by atoms with van der Waals surface area (Å²) in [6.45, 7) is 1.64. The minimum Gasteiger partial charge on any atom is -0.494 e. The Kier molecular flexibility index (Phi) is 4.87. The molecule has 0 saturated carbocycles. The van der Waals surface area contributed by atoms with Crippen LogP contribution in [-0.4, -0.2) is 37.8 Å². The molecule has 130 valence electrons. The topological polar surface area (TPSA) is 43.8 Å². The van der Waals surface area contributed by atoms with Crippen molar-refractivity contribution in [2.75, 3.05) is 25.2 Å². The number of hydrogen-bond acceptors (Lipinski definition) is 6. The molecule has 1 aromatic carbocycles. The number of hydrogen-bond donors (Lipinski definition) is 0. The van der Waals surface area contributed by atoms with Crippen LogP contribution in [0.1, 0.15) is 38.5 Å². The molecule has 24 heavy (non-hydrogen) atoms. The van der Waals surface area contributed by atoms with Crippen molar-refractivity contribution in [1.82, 2.24) is 4.98 Å². The van der Waals surface area contributed by atoms with Gasteiger partial charge in [0.1, 0.15) is 23.7 Å². The summed E-state index contributed by atoms with van der Waals surface area (Å²) in [6.07, 6.45) is 6.87. The van der Waals surface area contributed by atoms with Crippen LogP contribution in [0.3, 0.4) is 0 Å². The molecule has 0 bridgehead atoms. The van der Waals surface area contributed by atoms with Crippen LogP contribution in [0.2, 0.25) is 0 Å². The second-order valence-corrected chi connectivity index (χ2v) is 7.36. The number of nitrogens with zero attached hydrogens (tertiary/aromatic N) is 2. The molecule has 0 aliphatic carbocycles. The number of aromatic nitrogens is 1. The number of fused-ring (bicyclic) bond motifs is 1. The second kappa shape index (κ2) is 7.25. The smallest absolute Gasteiger partial charge is 0.190 e.